The van der Waals surface area contributed by atoms with Gasteiger partial charge in [-0.1, -0.05) is 0 Å². The molecular formula is C5H9F2NO2S. The van der Waals surface area contributed by atoms with Crippen LogP contribution < -0.4 is 4.72 Å². The van der Waals surface area contributed by atoms with Gasteiger partial charge in [0.25, 0.3) is 5.92 Å². The molecule has 3 nitrogen and oxygen atoms in total. The number of sulfonamides is 1. The Morgan fingerprint density at radius 2 is 1.91 bits per heavy atom. The first-order valence-corrected chi connectivity index (χ1v) is 4.72. The molecular weight excluding hydrogens is 176 g/mol. The normalized spacial score (nSPS) is 24.6. The van der Waals surface area contributed by atoms with Crippen molar-refractivity contribution in [1.29, 1.82) is 0 Å². The summed E-state index contributed by atoms with van der Waals surface area (Å²) in [5.74, 6) is -2.77. The summed E-state index contributed by atoms with van der Waals surface area (Å²) >= 11 is 0. The number of nitrogens with one attached hydrogen (secondary N) is 1. The molecule has 0 aromatic heterocycles. The van der Waals surface area contributed by atoms with Crippen molar-refractivity contribution >= 4 is 10.0 Å². The molecule has 0 amide bonds. The standard InChI is InChI=1S/C5H9F2NO2S/c1-8-11(9,10)4-2-5(6,7)3-4/h4,8H,2-3H2,1H3. The maximum atomic E-state index is 12.2. The third-order valence-corrected chi connectivity index (χ3v) is 3.56. The third kappa shape index (κ3) is 1.67. The number of hydrogen-bond donors (Lipinski definition) is 1. The lowest BCUT2D eigenvalue weighted by atomic mass is 9.94. The molecule has 0 aromatic rings. The molecule has 0 saturated heterocycles. The zero-order valence-electron chi connectivity index (χ0n) is 5.97. The number of alkyl halides is 2. The number of halogens is 2. The van der Waals surface area contributed by atoms with Crippen LogP contribution in [0.25, 0.3) is 0 Å². The van der Waals surface area contributed by atoms with Gasteiger partial charge in [0.2, 0.25) is 10.0 Å². The molecule has 0 bridgehead atoms. The van der Waals surface area contributed by atoms with E-state index in [0.717, 1.165) is 0 Å². The second-order valence-electron chi connectivity index (χ2n) is 2.64. The van der Waals surface area contributed by atoms with E-state index in [4.69, 9.17) is 0 Å². The zero-order chi connectivity index (χ0) is 8.70. The molecule has 0 aliphatic heterocycles. The van der Waals surface area contributed by atoms with Crippen molar-refractivity contribution in [3.8, 4) is 0 Å². The maximum absolute atomic E-state index is 12.2. The SMILES string of the molecule is CNS(=O)(=O)C1CC(F)(F)C1. The second-order valence-corrected chi connectivity index (χ2v) is 4.80. The molecule has 66 valence electrons. The Labute approximate surface area is 63.8 Å². The van der Waals surface area contributed by atoms with Crippen LogP contribution in [0.1, 0.15) is 12.8 Å². The molecule has 11 heavy (non-hydrogen) atoms. The molecule has 0 unspecified atom stereocenters. The van der Waals surface area contributed by atoms with Gasteiger partial charge in [-0.3, -0.25) is 0 Å². The molecule has 1 N–H and O–H groups in total. The Morgan fingerprint density at radius 3 is 2.18 bits per heavy atom. The molecule has 0 atom stereocenters. The molecule has 0 radical (unpaired) electrons. The summed E-state index contributed by atoms with van der Waals surface area (Å²) in [6.45, 7) is 0. The van der Waals surface area contributed by atoms with Crippen LogP contribution in [0.2, 0.25) is 0 Å². The maximum Gasteiger partial charge on any atom is 0.250 e. The van der Waals surface area contributed by atoms with E-state index in [-0.39, 0.29) is 0 Å². The molecule has 0 heterocycles. The lowest BCUT2D eigenvalue weighted by molar-refractivity contribution is -0.0687. The Bertz CT molecular complexity index is 241. The van der Waals surface area contributed by atoms with Crippen molar-refractivity contribution in [1.82, 2.24) is 4.72 Å². The zero-order valence-corrected chi connectivity index (χ0v) is 6.79. The van der Waals surface area contributed by atoms with Gasteiger partial charge in [-0.05, 0) is 7.05 Å². The molecule has 1 aliphatic rings. The fourth-order valence-corrected chi connectivity index (χ4v) is 2.25. The van der Waals surface area contributed by atoms with Crippen LogP contribution in [0.5, 0.6) is 0 Å². The van der Waals surface area contributed by atoms with E-state index in [9.17, 15) is 17.2 Å². The topological polar surface area (TPSA) is 46.2 Å². The van der Waals surface area contributed by atoms with Gasteiger partial charge >= 0.3 is 0 Å². The molecule has 0 aromatic carbocycles. The number of rotatable bonds is 2. The summed E-state index contributed by atoms with van der Waals surface area (Å²) < 4.78 is 48.0. The largest absolute Gasteiger partial charge is 0.250 e. The highest BCUT2D eigenvalue weighted by atomic mass is 32.2. The predicted octanol–water partition coefficient (Wildman–Crippen LogP) is 0.333. The van der Waals surface area contributed by atoms with Crippen LogP contribution in [0.3, 0.4) is 0 Å². The van der Waals surface area contributed by atoms with Gasteiger partial charge in [-0.25, -0.2) is 21.9 Å². The van der Waals surface area contributed by atoms with Crippen molar-refractivity contribution in [3.63, 3.8) is 0 Å². The summed E-state index contributed by atoms with van der Waals surface area (Å²) in [5.41, 5.74) is 0. The first-order chi connectivity index (χ1) is 4.87. The van der Waals surface area contributed by atoms with Crippen molar-refractivity contribution in [2.24, 2.45) is 0 Å². The van der Waals surface area contributed by atoms with Gasteiger partial charge in [0.1, 0.15) is 0 Å². The first kappa shape index (κ1) is 8.86. The fourth-order valence-electron chi connectivity index (χ4n) is 0.992. The van der Waals surface area contributed by atoms with Gasteiger partial charge in [-0.15, -0.1) is 0 Å². The predicted molar refractivity (Wildman–Crippen MR) is 35.9 cm³/mol. The average Bonchev–Trinajstić information content (AvgIpc) is 1.83. The quantitative estimate of drug-likeness (QED) is 0.674. The Morgan fingerprint density at radius 1 is 1.45 bits per heavy atom. The van der Waals surface area contributed by atoms with Crippen LogP contribution in [0.4, 0.5) is 8.78 Å². The highest BCUT2D eigenvalue weighted by Gasteiger charge is 2.51. The summed E-state index contributed by atoms with van der Waals surface area (Å²) in [6, 6.07) is 0. The Hall–Kier alpha value is -0.230. The summed E-state index contributed by atoms with van der Waals surface area (Å²) in [6.07, 6.45) is -1.09. The lowest BCUT2D eigenvalue weighted by Crippen LogP contribution is -2.48. The Kier molecular flexibility index (Phi) is 1.92. The van der Waals surface area contributed by atoms with Crippen LogP contribution in [-0.2, 0) is 10.0 Å². The monoisotopic (exact) mass is 185 g/mol. The highest BCUT2D eigenvalue weighted by molar-refractivity contribution is 7.90. The third-order valence-electron chi connectivity index (χ3n) is 1.78. The van der Waals surface area contributed by atoms with Crippen LogP contribution in [0, 0.1) is 0 Å². The van der Waals surface area contributed by atoms with Gasteiger partial charge in [-0.2, -0.15) is 0 Å². The van der Waals surface area contributed by atoms with Gasteiger partial charge in [0.05, 0.1) is 5.25 Å². The molecule has 0 spiro atoms. The second kappa shape index (κ2) is 2.38. The van der Waals surface area contributed by atoms with E-state index >= 15 is 0 Å². The summed E-state index contributed by atoms with van der Waals surface area (Å²) in [7, 11) is -2.23. The van der Waals surface area contributed by atoms with Gasteiger partial charge in [0.15, 0.2) is 0 Å². The van der Waals surface area contributed by atoms with Crippen molar-refractivity contribution in [2.75, 3.05) is 7.05 Å². The molecule has 1 fully saturated rings. The minimum absolute atomic E-state index is 0.545. The van der Waals surface area contributed by atoms with E-state index in [0.29, 0.717) is 0 Å². The fraction of sp³-hybridized carbons (Fsp3) is 1.00. The first-order valence-electron chi connectivity index (χ1n) is 3.17. The average molecular weight is 185 g/mol. The van der Waals surface area contributed by atoms with Gasteiger partial charge < -0.3 is 0 Å². The molecule has 1 saturated carbocycles. The molecule has 6 heteroatoms. The molecule has 1 aliphatic carbocycles. The minimum Gasteiger partial charge on any atom is -0.218 e. The molecule has 1 rings (SSSR count). The van der Waals surface area contributed by atoms with Crippen molar-refractivity contribution < 1.29 is 17.2 Å². The van der Waals surface area contributed by atoms with E-state index < -0.39 is 34.0 Å². The van der Waals surface area contributed by atoms with Gasteiger partial charge in [0, 0.05) is 12.8 Å². The van der Waals surface area contributed by atoms with Crippen molar-refractivity contribution in [3.05, 3.63) is 0 Å². The van der Waals surface area contributed by atoms with Crippen LogP contribution in [0.15, 0.2) is 0 Å². The lowest BCUT2D eigenvalue weighted by Gasteiger charge is -2.33. The smallest absolute Gasteiger partial charge is 0.218 e. The summed E-state index contributed by atoms with van der Waals surface area (Å²) in [5, 5.41) is -0.900. The minimum atomic E-state index is -3.46. The van der Waals surface area contributed by atoms with E-state index in [1.54, 1.807) is 0 Å². The Balaban J connectivity index is 2.58. The number of hydrogen-bond acceptors (Lipinski definition) is 2. The van der Waals surface area contributed by atoms with E-state index in [1.807, 2.05) is 4.72 Å². The van der Waals surface area contributed by atoms with Crippen molar-refractivity contribution in [2.45, 2.75) is 24.0 Å². The highest BCUT2D eigenvalue weighted by Crippen LogP contribution is 2.40. The van der Waals surface area contributed by atoms with Crippen LogP contribution >= 0.6 is 0 Å². The summed E-state index contributed by atoms with van der Waals surface area (Å²) in [4.78, 5) is 0. The van der Waals surface area contributed by atoms with E-state index in [1.165, 1.54) is 7.05 Å². The van der Waals surface area contributed by atoms with E-state index in [2.05, 4.69) is 0 Å². The van der Waals surface area contributed by atoms with Crippen LogP contribution in [-0.4, -0.2) is 26.6 Å².